The first-order valence-electron chi connectivity index (χ1n) is 9.30. The SMILES string of the molecule is CCC(COCCCNNCCCOCCOC(C)C)C(C)C. The van der Waals surface area contributed by atoms with E-state index in [4.69, 9.17) is 14.2 Å². The molecule has 0 radical (unpaired) electrons. The zero-order valence-electron chi connectivity index (χ0n) is 16.0. The summed E-state index contributed by atoms with van der Waals surface area (Å²) in [5.74, 6) is 1.39. The molecule has 2 N–H and O–H groups in total. The molecule has 0 aromatic carbocycles. The molecule has 0 heterocycles. The van der Waals surface area contributed by atoms with Gasteiger partial charge in [-0.25, -0.2) is 0 Å². The van der Waals surface area contributed by atoms with Gasteiger partial charge in [-0.15, -0.1) is 0 Å². The number of hydrazine groups is 1. The van der Waals surface area contributed by atoms with Crippen molar-refractivity contribution in [2.24, 2.45) is 11.8 Å². The standard InChI is InChI=1S/C18H40N2O3/c1-6-18(16(2)3)15-22-12-8-10-20-19-9-7-11-21-13-14-23-17(4)5/h16-20H,6-15H2,1-5H3. The van der Waals surface area contributed by atoms with Crippen LogP contribution in [0, 0.1) is 11.8 Å². The fourth-order valence-corrected chi connectivity index (χ4v) is 2.16. The van der Waals surface area contributed by atoms with Crippen molar-refractivity contribution in [3.63, 3.8) is 0 Å². The highest BCUT2D eigenvalue weighted by molar-refractivity contribution is 4.59. The molecule has 1 atom stereocenters. The van der Waals surface area contributed by atoms with Gasteiger partial charge in [0.05, 0.1) is 19.3 Å². The lowest BCUT2D eigenvalue weighted by molar-refractivity contribution is 0.0189. The number of ether oxygens (including phenoxy) is 3. The lowest BCUT2D eigenvalue weighted by Crippen LogP contribution is -2.34. The van der Waals surface area contributed by atoms with E-state index in [1.165, 1.54) is 6.42 Å². The van der Waals surface area contributed by atoms with Gasteiger partial charge in [-0.1, -0.05) is 27.2 Å². The minimum absolute atomic E-state index is 0.284. The Kier molecular flexibility index (Phi) is 16.5. The normalized spacial score (nSPS) is 13.2. The molecule has 0 aliphatic carbocycles. The first-order valence-corrected chi connectivity index (χ1v) is 9.30. The molecule has 5 nitrogen and oxygen atoms in total. The summed E-state index contributed by atoms with van der Waals surface area (Å²) in [6.07, 6.45) is 3.51. The van der Waals surface area contributed by atoms with Gasteiger partial charge >= 0.3 is 0 Å². The zero-order valence-corrected chi connectivity index (χ0v) is 16.0. The van der Waals surface area contributed by atoms with Crippen molar-refractivity contribution in [1.29, 1.82) is 0 Å². The Hall–Kier alpha value is -0.200. The van der Waals surface area contributed by atoms with Crippen molar-refractivity contribution in [2.75, 3.05) is 46.1 Å². The third-order valence-corrected chi connectivity index (χ3v) is 3.78. The molecule has 140 valence electrons. The highest BCUT2D eigenvalue weighted by Gasteiger charge is 2.10. The molecule has 0 bridgehead atoms. The molecule has 0 aliphatic rings. The van der Waals surface area contributed by atoms with Crippen LogP contribution >= 0.6 is 0 Å². The fraction of sp³-hybridized carbons (Fsp3) is 1.00. The zero-order chi connectivity index (χ0) is 17.3. The summed E-state index contributed by atoms with van der Waals surface area (Å²) in [5.41, 5.74) is 6.42. The Balaban J connectivity index is 3.13. The van der Waals surface area contributed by atoms with Crippen molar-refractivity contribution in [3.05, 3.63) is 0 Å². The topological polar surface area (TPSA) is 51.8 Å². The summed E-state index contributed by atoms with van der Waals surface area (Å²) in [7, 11) is 0. The van der Waals surface area contributed by atoms with Crippen molar-refractivity contribution in [2.45, 2.75) is 60.0 Å². The average Bonchev–Trinajstić information content (AvgIpc) is 2.50. The molecule has 0 saturated heterocycles. The summed E-state index contributed by atoms with van der Waals surface area (Å²) in [5, 5.41) is 0. The highest BCUT2D eigenvalue weighted by atomic mass is 16.5. The van der Waals surface area contributed by atoms with Crippen LogP contribution in [0.25, 0.3) is 0 Å². The van der Waals surface area contributed by atoms with Crippen molar-refractivity contribution in [3.8, 4) is 0 Å². The molecule has 0 aliphatic heterocycles. The Bertz CT molecular complexity index is 238. The number of hydrogen-bond acceptors (Lipinski definition) is 5. The predicted octanol–water partition coefficient (Wildman–Crippen LogP) is 3.00. The third kappa shape index (κ3) is 16.4. The first-order chi connectivity index (χ1) is 11.1. The second-order valence-corrected chi connectivity index (χ2v) is 6.58. The minimum Gasteiger partial charge on any atom is -0.381 e. The monoisotopic (exact) mass is 332 g/mol. The molecule has 0 spiro atoms. The largest absolute Gasteiger partial charge is 0.381 e. The molecular weight excluding hydrogens is 292 g/mol. The molecule has 0 rings (SSSR count). The van der Waals surface area contributed by atoms with Crippen molar-refractivity contribution in [1.82, 2.24) is 10.9 Å². The van der Waals surface area contributed by atoms with Crippen LogP contribution in [0.5, 0.6) is 0 Å². The van der Waals surface area contributed by atoms with Gasteiger partial charge < -0.3 is 14.2 Å². The number of hydrogen-bond donors (Lipinski definition) is 2. The van der Waals surface area contributed by atoms with E-state index in [1.54, 1.807) is 0 Å². The van der Waals surface area contributed by atoms with Gasteiger partial charge in [0.2, 0.25) is 0 Å². The lowest BCUT2D eigenvalue weighted by Gasteiger charge is -2.18. The molecule has 0 fully saturated rings. The Labute approximate surface area is 143 Å². The van der Waals surface area contributed by atoms with Crippen molar-refractivity contribution < 1.29 is 14.2 Å². The molecular formula is C18H40N2O3. The molecule has 1 unspecified atom stereocenters. The molecule has 5 heteroatoms. The van der Waals surface area contributed by atoms with E-state index >= 15 is 0 Å². The van der Waals surface area contributed by atoms with Gasteiger partial charge in [-0.3, -0.25) is 10.9 Å². The van der Waals surface area contributed by atoms with Crippen molar-refractivity contribution >= 4 is 0 Å². The first kappa shape index (κ1) is 22.8. The maximum atomic E-state index is 5.75. The van der Waals surface area contributed by atoms with Crippen LogP contribution in [0.2, 0.25) is 0 Å². The molecule has 0 amide bonds. The van der Waals surface area contributed by atoms with Gasteiger partial charge in [0.25, 0.3) is 0 Å². The van der Waals surface area contributed by atoms with Crippen LogP contribution in [0.4, 0.5) is 0 Å². The fourth-order valence-electron chi connectivity index (χ4n) is 2.16. The second kappa shape index (κ2) is 16.7. The van der Waals surface area contributed by atoms with E-state index in [1.807, 2.05) is 13.8 Å². The van der Waals surface area contributed by atoms with Gasteiger partial charge in [0.15, 0.2) is 0 Å². The summed E-state index contributed by atoms with van der Waals surface area (Å²) in [6, 6.07) is 0. The summed E-state index contributed by atoms with van der Waals surface area (Å²) >= 11 is 0. The molecule has 0 aromatic heterocycles. The van der Waals surface area contributed by atoms with Gasteiger partial charge in [0, 0.05) is 32.9 Å². The van der Waals surface area contributed by atoms with Gasteiger partial charge in [-0.2, -0.15) is 0 Å². The van der Waals surface area contributed by atoms with Crippen LogP contribution in [-0.2, 0) is 14.2 Å². The smallest absolute Gasteiger partial charge is 0.0703 e. The predicted molar refractivity (Wildman–Crippen MR) is 96.6 cm³/mol. The van der Waals surface area contributed by atoms with E-state index < -0.39 is 0 Å². The Morgan fingerprint density at radius 3 is 1.91 bits per heavy atom. The summed E-state index contributed by atoms with van der Waals surface area (Å²) < 4.78 is 16.6. The van der Waals surface area contributed by atoms with Crippen LogP contribution in [0.1, 0.15) is 53.9 Å². The highest BCUT2D eigenvalue weighted by Crippen LogP contribution is 2.14. The van der Waals surface area contributed by atoms with E-state index in [0.29, 0.717) is 25.0 Å². The third-order valence-electron chi connectivity index (χ3n) is 3.78. The minimum atomic E-state index is 0.284. The lowest BCUT2D eigenvalue weighted by atomic mass is 9.94. The number of rotatable bonds is 17. The Morgan fingerprint density at radius 1 is 0.783 bits per heavy atom. The van der Waals surface area contributed by atoms with Crippen LogP contribution in [0.3, 0.4) is 0 Å². The van der Waals surface area contributed by atoms with Crippen LogP contribution in [-0.4, -0.2) is 52.2 Å². The maximum absolute atomic E-state index is 5.75. The summed E-state index contributed by atoms with van der Waals surface area (Å²) in [6.45, 7) is 16.5. The average molecular weight is 333 g/mol. The summed E-state index contributed by atoms with van der Waals surface area (Å²) in [4.78, 5) is 0. The van der Waals surface area contributed by atoms with E-state index in [9.17, 15) is 0 Å². The second-order valence-electron chi connectivity index (χ2n) is 6.58. The maximum Gasteiger partial charge on any atom is 0.0703 e. The van der Waals surface area contributed by atoms with Gasteiger partial charge in [0.1, 0.15) is 0 Å². The van der Waals surface area contributed by atoms with E-state index in [-0.39, 0.29) is 6.10 Å². The van der Waals surface area contributed by atoms with E-state index in [0.717, 1.165) is 45.8 Å². The quantitative estimate of drug-likeness (QED) is 0.317. The van der Waals surface area contributed by atoms with E-state index in [2.05, 4.69) is 31.6 Å². The molecule has 0 aromatic rings. The van der Waals surface area contributed by atoms with Crippen LogP contribution in [0.15, 0.2) is 0 Å². The van der Waals surface area contributed by atoms with Crippen LogP contribution < -0.4 is 10.9 Å². The van der Waals surface area contributed by atoms with Gasteiger partial charge in [-0.05, 0) is 38.5 Å². The molecule has 0 saturated carbocycles. The number of nitrogens with one attached hydrogen (secondary N) is 2. The Morgan fingerprint density at radius 2 is 1.39 bits per heavy atom. The molecule has 23 heavy (non-hydrogen) atoms.